The van der Waals surface area contributed by atoms with E-state index in [0.29, 0.717) is 5.75 Å². The van der Waals surface area contributed by atoms with Crippen LogP contribution in [0, 0.1) is 11.6 Å². The number of benzene rings is 2. The van der Waals surface area contributed by atoms with Gasteiger partial charge in [0.25, 0.3) is 0 Å². The molecule has 0 heterocycles. The van der Waals surface area contributed by atoms with Gasteiger partial charge in [0.1, 0.15) is 15.8 Å². The molecule has 0 bridgehead atoms. The summed E-state index contributed by atoms with van der Waals surface area (Å²) in [7, 11) is -2.53. The second kappa shape index (κ2) is 5.46. The standard InChI is InChI=1S/C13H10F2NO3S/c1-19-10-3-5-11(6-4-10)20(17,18)16-9-2-7-12(14)13(15)8-9/h2-8H,1H3/q-1. The van der Waals surface area contributed by atoms with Crippen molar-refractivity contribution in [1.82, 2.24) is 0 Å². The Bertz CT molecular complexity index is 715. The van der Waals surface area contributed by atoms with Gasteiger partial charge in [0, 0.05) is 0 Å². The lowest BCUT2D eigenvalue weighted by Crippen LogP contribution is -1.98. The molecule has 2 rings (SSSR count). The van der Waals surface area contributed by atoms with E-state index in [1.54, 1.807) is 0 Å². The molecular formula is C13H10F2NO3S-. The predicted octanol–water partition coefficient (Wildman–Crippen LogP) is 3.37. The molecule has 0 N–H and O–H groups in total. The van der Waals surface area contributed by atoms with Crippen LogP contribution < -0.4 is 4.74 Å². The average molecular weight is 298 g/mol. The summed E-state index contributed by atoms with van der Waals surface area (Å²) in [5.74, 6) is -1.72. The molecule has 0 aliphatic heterocycles. The van der Waals surface area contributed by atoms with Crippen molar-refractivity contribution in [3.63, 3.8) is 0 Å². The molecule has 0 atom stereocenters. The number of halogens is 2. The minimum absolute atomic E-state index is 0.0666. The Morgan fingerprint density at radius 2 is 1.65 bits per heavy atom. The molecule has 106 valence electrons. The van der Waals surface area contributed by atoms with Crippen LogP contribution in [0.25, 0.3) is 4.72 Å². The third-order valence-electron chi connectivity index (χ3n) is 2.49. The maximum atomic E-state index is 13.0. The fourth-order valence-electron chi connectivity index (χ4n) is 1.48. The van der Waals surface area contributed by atoms with Crippen molar-refractivity contribution in [2.24, 2.45) is 0 Å². The first-order chi connectivity index (χ1) is 9.42. The molecule has 4 nitrogen and oxygen atoms in total. The first-order valence-corrected chi connectivity index (χ1v) is 6.93. The van der Waals surface area contributed by atoms with Gasteiger partial charge in [-0.3, -0.25) is 0 Å². The van der Waals surface area contributed by atoms with E-state index in [1.807, 2.05) is 0 Å². The van der Waals surface area contributed by atoms with Crippen LogP contribution in [0.1, 0.15) is 0 Å². The van der Waals surface area contributed by atoms with Crippen LogP contribution in [-0.4, -0.2) is 15.5 Å². The molecule has 20 heavy (non-hydrogen) atoms. The molecule has 0 amide bonds. The van der Waals surface area contributed by atoms with Crippen LogP contribution in [0.3, 0.4) is 0 Å². The van der Waals surface area contributed by atoms with E-state index in [1.165, 1.54) is 31.4 Å². The summed E-state index contributed by atoms with van der Waals surface area (Å²) in [4.78, 5) is -0.0666. The van der Waals surface area contributed by atoms with Crippen molar-refractivity contribution in [1.29, 1.82) is 0 Å². The molecule has 2 aromatic carbocycles. The first-order valence-electron chi connectivity index (χ1n) is 5.49. The van der Waals surface area contributed by atoms with E-state index in [4.69, 9.17) is 4.74 Å². The summed E-state index contributed by atoms with van der Waals surface area (Å²) in [5, 5.41) is 0. The Morgan fingerprint density at radius 1 is 1.00 bits per heavy atom. The van der Waals surface area contributed by atoms with Crippen molar-refractivity contribution in [3.8, 4) is 5.75 Å². The molecule has 0 saturated heterocycles. The number of methoxy groups -OCH3 is 1. The lowest BCUT2D eigenvalue weighted by atomic mass is 10.3. The maximum Gasteiger partial charge on any atom is 0.158 e. The van der Waals surface area contributed by atoms with Crippen LogP contribution >= 0.6 is 0 Å². The van der Waals surface area contributed by atoms with Crippen LogP contribution in [0.2, 0.25) is 0 Å². The summed E-state index contributed by atoms with van der Waals surface area (Å²) in [5.41, 5.74) is -0.181. The summed E-state index contributed by atoms with van der Waals surface area (Å²) >= 11 is 0. The van der Waals surface area contributed by atoms with Crippen molar-refractivity contribution >= 4 is 15.7 Å². The highest BCUT2D eigenvalue weighted by Gasteiger charge is 2.06. The number of sulfonamides is 1. The van der Waals surface area contributed by atoms with E-state index in [2.05, 4.69) is 4.72 Å². The highest BCUT2D eigenvalue weighted by atomic mass is 32.2. The topological polar surface area (TPSA) is 57.5 Å². The quantitative estimate of drug-likeness (QED) is 0.869. The van der Waals surface area contributed by atoms with Gasteiger partial charge in [-0.05, 0) is 36.4 Å². The van der Waals surface area contributed by atoms with Crippen LogP contribution in [-0.2, 0) is 10.0 Å². The molecule has 0 fully saturated rings. The zero-order valence-corrected chi connectivity index (χ0v) is 11.2. The number of nitrogens with zero attached hydrogens (tertiary/aromatic N) is 1. The second-order valence-electron chi connectivity index (χ2n) is 3.84. The van der Waals surface area contributed by atoms with Gasteiger partial charge in [-0.2, -0.15) is 0 Å². The summed E-state index contributed by atoms with van der Waals surface area (Å²) in [6, 6.07) is 8.18. The molecule has 0 unspecified atom stereocenters. The van der Waals surface area contributed by atoms with Crippen LogP contribution in [0.4, 0.5) is 14.5 Å². The fourth-order valence-corrected chi connectivity index (χ4v) is 2.46. The van der Waals surface area contributed by atoms with Crippen LogP contribution in [0.5, 0.6) is 5.75 Å². The van der Waals surface area contributed by atoms with Crippen molar-refractivity contribution in [2.75, 3.05) is 7.11 Å². The molecule has 0 aromatic heterocycles. The minimum atomic E-state index is -3.99. The molecule has 0 radical (unpaired) electrons. The minimum Gasteiger partial charge on any atom is -0.573 e. The SMILES string of the molecule is COc1ccc(S(=O)(=O)[N-]c2ccc(F)c(F)c2)cc1. The predicted molar refractivity (Wildman–Crippen MR) is 69.6 cm³/mol. The van der Waals surface area contributed by atoms with E-state index >= 15 is 0 Å². The highest BCUT2D eigenvalue weighted by molar-refractivity contribution is 7.94. The van der Waals surface area contributed by atoms with Crippen molar-refractivity contribution < 1.29 is 21.9 Å². The van der Waals surface area contributed by atoms with E-state index in [9.17, 15) is 17.2 Å². The van der Waals surface area contributed by atoms with Gasteiger partial charge in [0.05, 0.1) is 12.0 Å². The third-order valence-corrected chi connectivity index (χ3v) is 3.81. The van der Waals surface area contributed by atoms with E-state index < -0.39 is 21.7 Å². The Hall–Kier alpha value is -2.15. The number of hydrogen-bond donors (Lipinski definition) is 0. The number of ether oxygens (including phenoxy) is 1. The van der Waals surface area contributed by atoms with Gasteiger partial charge in [-0.15, -0.1) is 5.69 Å². The lowest BCUT2D eigenvalue weighted by molar-refractivity contribution is 0.414. The Morgan fingerprint density at radius 3 is 2.20 bits per heavy atom. The number of hydrogen-bond acceptors (Lipinski definition) is 3. The monoisotopic (exact) mass is 298 g/mol. The molecule has 0 saturated carbocycles. The average Bonchev–Trinajstić information content (AvgIpc) is 2.43. The van der Waals surface area contributed by atoms with Crippen molar-refractivity contribution in [2.45, 2.75) is 4.90 Å². The van der Waals surface area contributed by atoms with Gasteiger partial charge < -0.3 is 9.46 Å². The second-order valence-corrected chi connectivity index (χ2v) is 5.44. The highest BCUT2D eigenvalue weighted by Crippen LogP contribution is 2.29. The lowest BCUT2D eigenvalue weighted by Gasteiger charge is -2.22. The maximum absolute atomic E-state index is 13.0. The Balaban J connectivity index is 2.27. The van der Waals surface area contributed by atoms with Crippen LogP contribution in [0.15, 0.2) is 47.4 Å². The zero-order chi connectivity index (χ0) is 14.8. The number of rotatable bonds is 4. The van der Waals surface area contributed by atoms with Gasteiger partial charge in [0.15, 0.2) is 11.6 Å². The molecule has 2 aromatic rings. The molecule has 7 heteroatoms. The fraction of sp³-hybridized carbons (Fsp3) is 0.0769. The first kappa shape index (κ1) is 14.3. The van der Waals surface area contributed by atoms with Gasteiger partial charge in [-0.25, -0.2) is 17.2 Å². The molecule has 0 aliphatic rings. The van der Waals surface area contributed by atoms with Gasteiger partial charge in [-0.1, -0.05) is 6.07 Å². The van der Waals surface area contributed by atoms with E-state index in [-0.39, 0.29) is 10.6 Å². The Labute approximate surface area is 115 Å². The molecule has 0 spiro atoms. The van der Waals surface area contributed by atoms with E-state index in [0.717, 1.165) is 18.2 Å². The summed E-state index contributed by atoms with van der Waals surface area (Å²) in [6.45, 7) is 0. The largest absolute Gasteiger partial charge is 0.573 e. The Kier molecular flexibility index (Phi) is 3.89. The molecule has 0 aliphatic carbocycles. The normalized spacial score (nSPS) is 11.2. The zero-order valence-electron chi connectivity index (χ0n) is 10.4. The van der Waals surface area contributed by atoms with Gasteiger partial charge in [0.2, 0.25) is 0 Å². The molecular weight excluding hydrogens is 288 g/mol. The smallest absolute Gasteiger partial charge is 0.158 e. The summed E-state index contributed by atoms with van der Waals surface area (Å²) in [6.07, 6.45) is 0. The summed E-state index contributed by atoms with van der Waals surface area (Å²) < 4.78 is 58.1. The van der Waals surface area contributed by atoms with Crippen molar-refractivity contribution in [3.05, 3.63) is 58.8 Å². The third kappa shape index (κ3) is 3.05. The van der Waals surface area contributed by atoms with Gasteiger partial charge >= 0.3 is 0 Å².